The van der Waals surface area contributed by atoms with Gasteiger partial charge in [-0.1, -0.05) is 37.3 Å². The van der Waals surface area contributed by atoms with E-state index in [0.29, 0.717) is 60.2 Å². The van der Waals surface area contributed by atoms with Crippen LogP contribution in [0, 0.1) is 12.8 Å². The number of rotatable bonds is 9. The van der Waals surface area contributed by atoms with Crippen molar-refractivity contribution in [1.29, 1.82) is 0 Å². The maximum atomic E-state index is 14.6. The van der Waals surface area contributed by atoms with Crippen molar-refractivity contribution in [1.82, 2.24) is 24.6 Å². The topological polar surface area (TPSA) is 144 Å². The minimum absolute atomic E-state index is 0.220. The fraction of sp³-hybridized carbons (Fsp3) is 0.471. The average molecular weight is 685 g/mol. The maximum Gasteiger partial charge on any atom is 0.407 e. The van der Waals surface area contributed by atoms with Crippen molar-refractivity contribution in [2.24, 2.45) is 5.92 Å². The van der Waals surface area contributed by atoms with E-state index >= 15 is 0 Å². The van der Waals surface area contributed by atoms with Crippen LogP contribution in [0.2, 0.25) is 0 Å². The number of alkyl carbamates (subject to hydrolysis) is 1. The number of carbonyl (C=O) groups is 2. The molecule has 3 N–H and O–H groups in total. The highest BCUT2D eigenvalue weighted by atomic mass is 32.2. The predicted octanol–water partition coefficient (Wildman–Crippen LogP) is 6.06. The van der Waals surface area contributed by atoms with E-state index in [0.717, 1.165) is 5.56 Å². The molecule has 2 aliphatic rings. The second-order valence-corrected chi connectivity index (χ2v) is 15.3. The molecule has 258 valence electrons. The number of carbonyl (C=O) groups excluding carboxylic acids is 2. The van der Waals surface area contributed by atoms with E-state index in [4.69, 9.17) is 9.72 Å². The lowest BCUT2D eigenvalue weighted by atomic mass is 9.91. The summed E-state index contributed by atoms with van der Waals surface area (Å²) in [6.45, 7) is 7.50. The van der Waals surface area contributed by atoms with E-state index in [-0.39, 0.29) is 16.9 Å². The molecule has 1 fully saturated rings. The molecule has 11 nitrogen and oxygen atoms in total. The number of para-hydroxylation sites is 1. The van der Waals surface area contributed by atoms with Crippen molar-refractivity contribution in [2.45, 2.75) is 90.3 Å². The molecule has 1 unspecified atom stereocenters. The van der Waals surface area contributed by atoms with Crippen molar-refractivity contribution >= 4 is 38.9 Å². The molecule has 48 heavy (non-hydrogen) atoms. The van der Waals surface area contributed by atoms with Gasteiger partial charge in [-0.05, 0) is 83.4 Å². The SMILES string of the molecule is Cc1cnc(N[C@@H]2CCC[C@H](NC(=O)C(F)(F)CNC(=O)OC(C)(C)C)C2)nc1-c1cn(S(=O)(=O)C2=CCC(C)C=C2)c2ccccc12. The molecule has 2 heterocycles. The van der Waals surface area contributed by atoms with Crippen LogP contribution in [0.3, 0.4) is 0 Å². The predicted molar refractivity (Wildman–Crippen MR) is 180 cm³/mol. The van der Waals surface area contributed by atoms with Gasteiger partial charge in [-0.3, -0.25) is 4.79 Å². The van der Waals surface area contributed by atoms with Gasteiger partial charge in [0.25, 0.3) is 15.9 Å². The fourth-order valence-electron chi connectivity index (χ4n) is 5.84. The molecule has 1 saturated carbocycles. The molecule has 2 aliphatic carbocycles. The number of ether oxygens (including phenoxy) is 1. The number of halogens is 2. The summed E-state index contributed by atoms with van der Waals surface area (Å²) in [5.74, 6) is -4.74. The number of alkyl halides is 2. The van der Waals surface area contributed by atoms with Gasteiger partial charge in [0, 0.05) is 35.4 Å². The minimum Gasteiger partial charge on any atom is -0.444 e. The van der Waals surface area contributed by atoms with Crippen molar-refractivity contribution < 1.29 is 31.5 Å². The van der Waals surface area contributed by atoms with Crippen LogP contribution in [-0.2, 0) is 19.6 Å². The Labute approximate surface area is 279 Å². The van der Waals surface area contributed by atoms with Gasteiger partial charge in [0.15, 0.2) is 0 Å². The molecular formula is C34H42F2N6O5S. The Balaban J connectivity index is 1.30. The first-order chi connectivity index (χ1) is 22.5. The van der Waals surface area contributed by atoms with E-state index in [2.05, 4.69) is 15.6 Å². The highest BCUT2D eigenvalue weighted by Crippen LogP contribution is 2.35. The van der Waals surface area contributed by atoms with E-state index in [1.807, 2.05) is 37.4 Å². The van der Waals surface area contributed by atoms with Gasteiger partial charge >= 0.3 is 12.0 Å². The van der Waals surface area contributed by atoms with E-state index in [9.17, 15) is 26.8 Å². The van der Waals surface area contributed by atoms with Crippen molar-refractivity contribution in [3.05, 3.63) is 65.4 Å². The number of nitrogens with zero attached hydrogens (tertiary/aromatic N) is 3. The summed E-state index contributed by atoms with van der Waals surface area (Å²) in [5, 5.41) is 8.39. The van der Waals surface area contributed by atoms with Gasteiger partial charge in [-0.15, -0.1) is 0 Å². The highest BCUT2D eigenvalue weighted by molar-refractivity contribution is 7.94. The monoisotopic (exact) mass is 684 g/mol. The largest absolute Gasteiger partial charge is 0.444 e. The van der Waals surface area contributed by atoms with Crippen LogP contribution in [0.25, 0.3) is 22.2 Å². The average Bonchev–Trinajstić information content (AvgIpc) is 3.41. The van der Waals surface area contributed by atoms with Gasteiger partial charge in [0.2, 0.25) is 5.95 Å². The molecular weight excluding hydrogens is 642 g/mol. The zero-order chi connectivity index (χ0) is 34.9. The van der Waals surface area contributed by atoms with Crippen LogP contribution in [0.15, 0.2) is 59.8 Å². The van der Waals surface area contributed by atoms with Crippen LogP contribution in [-0.4, -0.2) is 64.5 Å². The normalized spacial score (nSPS) is 20.2. The first kappa shape index (κ1) is 35.0. The van der Waals surface area contributed by atoms with Gasteiger partial charge < -0.3 is 20.7 Å². The standard InChI is InChI=1S/C34H42F2N6O5S/c1-21-13-15-25(16-14-21)48(45,46)42-19-27(26-11-6-7-12-28(26)42)29-22(2)18-37-31(41-29)40-24-10-8-9-23(17-24)39-30(43)34(35,36)20-38-32(44)47-33(3,4)5/h6-7,11-13,15-16,18-19,21,23-24H,8-10,14,17,20H2,1-5H3,(H,38,44)(H,39,43)(H,37,40,41)/t21?,23-,24+/m0/s1. The van der Waals surface area contributed by atoms with Crippen molar-refractivity contribution in [2.75, 3.05) is 11.9 Å². The summed E-state index contributed by atoms with van der Waals surface area (Å²) in [6.07, 6.45) is 10.4. The Morgan fingerprint density at radius 1 is 1.12 bits per heavy atom. The van der Waals surface area contributed by atoms with Crippen LogP contribution >= 0.6 is 0 Å². The zero-order valence-electron chi connectivity index (χ0n) is 27.7. The van der Waals surface area contributed by atoms with Crippen molar-refractivity contribution in [3.63, 3.8) is 0 Å². The van der Waals surface area contributed by atoms with E-state index < -0.39 is 46.1 Å². The molecule has 14 heteroatoms. The molecule has 0 spiro atoms. The Bertz CT molecular complexity index is 1860. The number of benzene rings is 1. The second-order valence-electron chi connectivity index (χ2n) is 13.5. The minimum atomic E-state index is -3.87. The number of amides is 2. The number of hydrogen-bond acceptors (Lipinski definition) is 8. The molecule has 0 radical (unpaired) electrons. The van der Waals surface area contributed by atoms with E-state index in [1.165, 1.54) is 3.97 Å². The first-order valence-electron chi connectivity index (χ1n) is 16.0. The number of anilines is 1. The molecule has 0 bridgehead atoms. The van der Waals surface area contributed by atoms with Gasteiger partial charge in [-0.2, -0.15) is 8.78 Å². The molecule has 3 aromatic rings. The quantitative estimate of drug-likeness (QED) is 0.247. The van der Waals surface area contributed by atoms with Gasteiger partial charge in [-0.25, -0.2) is 27.2 Å². The fourth-order valence-corrected chi connectivity index (χ4v) is 7.28. The molecule has 0 saturated heterocycles. The number of nitrogens with one attached hydrogen (secondary N) is 3. The van der Waals surface area contributed by atoms with Crippen molar-refractivity contribution in [3.8, 4) is 11.3 Å². The molecule has 1 aromatic carbocycles. The Hall–Kier alpha value is -4.33. The summed E-state index contributed by atoms with van der Waals surface area (Å²) < 4.78 is 63.0. The third-order valence-corrected chi connectivity index (χ3v) is 9.99. The molecule has 2 amide bonds. The lowest BCUT2D eigenvalue weighted by molar-refractivity contribution is -0.145. The van der Waals surface area contributed by atoms with Crippen LogP contribution in [0.5, 0.6) is 0 Å². The Kier molecular flexibility index (Phi) is 9.95. The third-order valence-electron chi connectivity index (χ3n) is 8.27. The van der Waals surface area contributed by atoms with Crippen LogP contribution < -0.4 is 16.0 Å². The van der Waals surface area contributed by atoms with Crippen LogP contribution in [0.1, 0.15) is 65.4 Å². The summed E-state index contributed by atoms with van der Waals surface area (Å²) in [5.41, 5.74) is 1.58. The summed E-state index contributed by atoms with van der Waals surface area (Å²) >= 11 is 0. The number of aromatic nitrogens is 3. The summed E-state index contributed by atoms with van der Waals surface area (Å²) in [4.78, 5) is 33.7. The number of hydrogen-bond donors (Lipinski definition) is 3. The maximum absolute atomic E-state index is 14.6. The van der Waals surface area contributed by atoms with Gasteiger partial charge in [0.1, 0.15) is 5.60 Å². The number of allylic oxidation sites excluding steroid dienone is 3. The molecule has 0 aliphatic heterocycles. The summed E-state index contributed by atoms with van der Waals surface area (Å²) in [6, 6.07) is 6.49. The third kappa shape index (κ3) is 8.03. The van der Waals surface area contributed by atoms with Crippen LogP contribution in [0.4, 0.5) is 19.5 Å². The number of aryl methyl sites for hydroxylation is 1. The second kappa shape index (κ2) is 13.7. The molecule has 5 rings (SSSR count). The smallest absolute Gasteiger partial charge is 0.407 e. The highest BCUT2D eigenvalue weighted by Gasteiger charge is 2.41. The Morgan fingerprint density at radius 3 is 2.56 bits per heavy atom. The lowest BCUT2D eigenvalue weighted by Gasteiger charge is -2.31. The number of fused-ring (bicyclic) bond motifs is 1. The molecule has 3 atom stereocenters. The lowest BCUT2D eigenvalue weighted by Crippen LogP contribution is -2.52. The van der Waals surface area contributed by atoms with E-state index in [1.54, 1.807) is 57.4 Å². The Morgan fingerprint density at radius 2 is 1.85 bits per heavy atom. The first-order valence-corrected chi connectivity index (χ1v) is 17.5. The van der Waals surface area contributed by atoms with Gasteiger partial charge in [0.05, 0.1) is 22.7 Å². The zero-order valence-corrected chi connectivity index (χ0v) is 28.5. The molecule has 2 aromatic heterocycles. The summed E-state index contributed by atoms with van der Waals surface area (Å²) in [7, 11) is -3.87.